The molecule has 2 amide bonds. The Balaban J connectivity index is 1.86. The molecule has 1 fully saturated rings. The van der Waals surface area contributed by atoms with E-state index in [1.165, 1.54) is 0 Å². The molecular formula is C20H27N3O4S. The molecule has 8 heteroatoms. The lowest BCUT2D eigenvalue weighted by atomic mass is 10.1. The lowest BCUT2D eigenvalue weighted by Gasteiger charge is -2.36. The van der Waals surface area contributed by atoms with Crippen molar-refractivity contribution in [2.24, 2.45) is 0 Å². The number of carbonyl (C=O) groups excluding carboxylic acids is 3. The molecule has 1 aromatic rings. The number of piperazine rings is 1. The lowest BCUT2D eigenvalue weighted by molar-refractivity contribution is -0.147. The second kappa shape index (κ2) is 11.4. The Hall–Kier alpha value is -2.48. The van der Waals surface area contributed by atoms with Gasteiger partial charge in [-0.3, -0.25) is 14.4 Å². The quantitative estimate of drug-likeness (QED) is 0.504. The van der Waals surface area contributed by atoms with Crippen LogP contribution in [0.25, 0.3) is 0 Å². The number of amides is 2. The number of ether oxygens (including phenoxy) is 1. The second-order valence-corrected chi connectivity index (χ2v) is 7.00. The van der Waals surface area contributed by atoms with Crippen molar-refractivity contribution >= 4 is 35.1 Å². The number of nitrogens with one attached hydrogen (secondary N) is 2. The van der Waals surface area contributed by atoms with Gasteiger partial charge in [0.2, 0.25) is 11.8 Å². The molecule has 1 aromatic carbocycles. The number of benzene rings is 1. The Morgan fingerprint density at radius 2 is 2.07 bits per heavy atom. The molecule has 1 aliphatic rings. The average Bonchev–Trinajstić information content (AvgIpc) is 2.68. The second-order valence-electron chi connectivity index (χ2n) is 6.62. The minimum atomic E-state index is -0.781. The summed E-state index contributed by atoms with van der Waals surface area (Å²) in [6.07, 6.45) is 2.55. The van der Waals surface area contributed by atoms with Crippen molar-refractivity contribution in [1.29, 1.82) is 0 Å². The van der Waals surface area contributed by atoms with Crippen molar-refractivity contribution in [3.8, 4) is 0 Å². The number of nitrogens with zero attached hydrogens (tertiary/aromatic N) is 1. The Kier molecular flexibility index (Phi) is 8.87. The summed E-state index contributed by atoms with van der Waals surface area (Å²) in [6.45, 7) is 3.08. The van der Waals surface area contributed by atoms with Gasteiger partial charge in [0, 0.05) is 25.9 Å². The first kappa shape index (κ1) is 21.8. The highest BCUT2D eigenvalue weighted by Crippen LogP contribution is 2.11. The highest BCUT2D eigenvalue weighted by Gasteiger charge is 2.34. The fourth-order valence-corrected chi connectivity index (χ4v) is 3.23. The molecular weight excluding hydrogens is 378 g/mol. The maximum atomic E-state index is 12.3. The van der Waals surface area contributed by atoms with E-state index >= 15 is 0 Å². The van der Waals surface area contributed by atoms with E-state index < -0.39 is 12.0 Å². The van der Waals surface area contributed by atoms with Gasteiger partial charge in [0.15, 0.2) is 5.11 Å². The first-order valence-electron chi connectivity index (χ1n) is 9.59. The molecule has 0 bridgehead atoms. The molecule has 0 spiro atoms. The molecule has 1 atom stereocenters. The molecule has 0 aromatic heterocycles. The predicted molar refractivity (Wildman–Crippen MR) is 109 cm³/mol. The zero-order valence-electron chi connectivity index (χ0n) is 16.1. The molecule has 152 valence electrons. The standard InChI is InChI=1S/C20H27N3O4S/c1-2-3-9-17(24)22-20(28)23-12-11-21-19(26)16(23)14-18(25)27-13-10-15-7-5-4-6-8-15/h4-8,16H,2-3,9-14H2,1H3,(H,21,26)(H,22,24,28). The van der Waals surface area contributed by atoms with E-state index in [2.05, 4.69) is 10.6 Å². The van der Waals surface area contributed by atoms with Gasteiger partial charge >= 0.3 is 5.97 Å². The van der Waals surface area contributed by atoms with Gasteiger partial charge in [-0.25, -0.2) is 0 Å². The van der Waals surface area contributed by atoms with Crippen LogP contribution in [-0.2, 0) is 25.5 Å². The van der Waals surface area contributed by atoms with Crippen molar-refractivity contribution in [3.63, 3.8) is 0 Å². The maximum absolute atomic E-state index is 12.3. The van der Waals surface area contributed by atoms with E-state index in [-0.39, 0.29) is 30.0 Å². The van der Waals surface area contributed by atoms with E-state index in [9.17, 15) is 14.4 Å². The van der Waals surface area contributed by atoms with Crippen molar-refractivity contribution < 1.29 is 19.1 Å². The number of carbonyl (C=O) groups is 3. The SMILES string of the molecule is CCCCC(=O)NC(=S)N1CCNC(=O)C1CC(=O)OCCc1ccccc1. The van der Waals surface area contributed by atoms with Gasteiger partial charge < -0.3 is 20.3 Å². The van der Waals surface area contributed by atoms with Crippen LogP contribution in [0.4, 0.5) is 0 Å². The zero-order valence-corrected chi connectivity index (χ0v) is 16.9. The molecule has 1 unspecified atom stereocenters. The number of thiocarbonyl (C=S) groups is 1. The number of esters is 1. The van der Waals surface area contributed by atoms with E-state index in [0.717, 1.165) is 18.4 Å². The largest absolute Gasteiger partial charge is 0.465 e. The van der Waals surface area contributed by atoms with Crippen LogP contribution in [0.2, 0.25) is 0 Å². The van der Waals surface area contributed by atoms with E-state index in [0.29, 0.717) is 25.9 Å². The third-order valence-electron chi connectivity index (χ3n) is 4.45. The molecule has 0 aliphatic carbocycles. The first-order valence-corrected chi connectivity index (χ1v) is 9.99. The van der Waals surface area contributed by atoms with Crippen LogP contribution in [0.5, 0.6) is 0 Å². The van der Waals surface area contributed by atoms with Gasteiger partial charge in [0.25, 0.3) is 0 Å². The molecule has 0 radical (unpaired) electrons. The molecule has 1 heterocycles. The first-order chi connectivity index (χ1) is 13.5. The summed E-state index contributed by atoms with van der Waals surface area (Å²) in [5, 5.41) is 5.57. The van der Waals surface area contributed by atoms with Gasteiger partial charge in [0.1, 0.15) is 6.04 Å². The number of hydrogen-bond acceptors (Lipinski definition) is 5. The van der Waals surface area contributed by atoms with Gasteiger partial charge in [0.05, 0.1) is 13.0 Å². The van der Waals surface area contributed by atoms with Crippen LogP contribution in [0.15, 0.2) is 30.3 Å². The van der Waals surface area contributed by atoms with Gasteiger partial charge in [-0.05, 0) is 24.2 Å². The maximum Gasteiger partial charge on any atom is 0.308 e. The van der Waals surface area contributed by atoms with Crippen molar-refractivity contribution in [3.05, 3.63) is 35.9 Å². The highest BCUT2D eigenvalue weighted by atomic mass is 32.1. The van der Waals surface area contributed by atoms with E-state index in [4.69, 9.17) is 17.0 Å². The Morgan fingerprint density at radius 3 is 2.79 bits per heavy atom. The molecule has 0 saturated carbocycles. The molecule has 1 saturated heterocycles. The number of hydrogen-bond donors (Lipinski definition) is 2. The Morgan fingerprint density at radius 1 is 1.32 bits per heavy atom. The summed E-state index contributed by atoms with van der Waals surface area (Å²) < 4.78 is 5.28. The van der Waals surface area contributed by atoms with Crippen LogP contribution in [0, 0.1) is 0 Å². The third kappa shape index (κ3) is 6.92. The summed E-state index contributed by atoms with van der Waals surface area (Å²) in [5.41, 5.74) is 1.07. The van der Waals surface area contributed by atoms with Gasteiger partial charge in [-0.1, -0.05) is 43.7 Å². The average molecular weight is 406 g/mol. The van der Waals surface area contributed by atoms with Gasteiger partial charge in [-0.2, -0.15) is 0 Å². The summed E-state index contributed by atoms with van der Waals surface area (Å²) >= 11 is 5.30. The van der Waals surface area contributed by atoms with E-state index in [1.54, 1.807) is 4.90 Å². The highest BCUT2D eigenvalue weighted by molar-refractivity contribution is 7.80. The van der Waals surface area contributed by atoms with Gasteiger partial charge in [-0.15, -0.1) is 0 Å². The molecule has 2 rings (SSSR count). The molecule has 2 N–H and O–H groups in total. The summed E-state index contributed by atoms with van der Waals surface area (Å²) in [6, 6.07) is 8.93. The summed E-state index contributed by atoms with van der Waals surface area (Å²) in [7, 11) is 0. The minimum absolute atomic E-state index is 0.119. The fraction of sp³-hybridized carbons (Fsp3) is 0.500. The van der Waals surface area contributed by atoms with Crippen molar-refractivity contribution in [1.82, 2.24) is 15.5 Å². The Bertz CT molecular complexity index is 696. The fourth-order valence-electron chi connectivity index (χ4n) is 2.90. The normalized spacial score (nSPS) is 16.2. The molecule has 1 aliphatic heterocycles. The van der Waals surface area contributed by atoms with Crippen LogP contribution in [0.1, 0.15) is 38.2 Å². The zero-order chi connectivity index (χ0) is 20.4. The van der Waals surface area contributed by atoms with Crippen LogP contribution in [-0.4, -0.2) is 53.5 Å². The molecule has 7 nitrogen and oxygen atoms in total. The topological polar surface area (TPSA) is 87.7 Å². The minimum Gasteiger partial charge on any atom is -0.465 e. The van der Waals surface area contributed by atoms with Crippen molar-refractivity contribution in [2.45, 2.75) is 45.1 Å². The predicted octanol–water partition coefficient (Wildman–Crippen LogP) is 1.55. The van der Waals surface area contributed by atoms with E-state index in [1.807, 2.05) is 37.3 Å². The summed E-state index contributed by atoms with van der Waals surface area (Å²) in [5.74, 6) is -0.943. The number of rotatable bonds is 8. The third-order valence-corrected chi connectivity index (χ3v) is 4.79. The number of unbranched alkanes of at least 4 members (excludes halogenated alkanes) is 1. The molecule has 28 heavy (non-hydrogen) atoms. The summed E-state index contributed by atoms with van der Waals surface area (Å²) in [4.78, 5) is 38.0. The lowest BCUT2D eigenvalue weighted by Crippen LogP contribution is -2.60. The van der Waals surface area contributed by atoms with Crippen LogP contribution < -0.4 is 10.6 Å². The Labute approximate surface area is 170 Å². The van der Waals surface area contributed by atoms with Crippen LogP contribution in [0.3, 0.4) is 0 Å². The van der Waals surface area contributed by atoms with Crippen LogP contribution >= 0.6 is 12.2 Å². The monoisotopic (exact) mass is 405 g/mol. The smallest absolute Gasteiger partial charge is 0.308 e. The van der Waals surface area contributed by atoms with Crippen molar-refractivity contribution in [2.75, 3.05) is 19.7 Å².